The lowest BCUT2D eigenvalue weighted by molar-refractivity contribution is -0.117. The van der Waals surface area contributed by atoms with Gasteiger partial charge in [0.05, 0.1) is 13.0 Å². The zero-order valence-corrected chi connectivity index (χ0v) is 11.9. The molecule has 1 amide bonds. The molecule has 4 nitrogen and oxygen atoms in total. The van der Waals surface area contributed by atoms with Crippen LogP contribution in [0.3, 0.4) is 0 Å². The van der Waals surface area contributed by atoms with Crippen LogP contribution in [0.5, 0.6) is 0 Å². The van der Waals surface area contributed by atoms with E-state index >= 15 is 0 Å². The van der Waals surface area contributed by atoms with E-state index in [1.165, 1.54) is 19.3 Å². The van der Waals surface area contributed by atoms with Crippen LogP contribution < -0.4 is 11.1 Å². The van der Waals surface area contributed by atoms with Gasteiger partial charge in [-0.15, -0.1) is 0 Å². The van der Waals surface area contributed by atoms with Gasteiger partial charge in [0.1, 0.15) is 0 Å². The maximum absolute atomic E-state index is 11.8. The van der Waals surface area contributed by atoms with Gasteiger partial charge in [0.15, 0.2) is 0 Å². The normalized spacial score (nSPS) is 14.8. The summed E-state index contributed by atoms with van der Waals surface area (Å²) >= 11 is 0. The van der Waals surface area contributed by atoms with Crippen molar-refractivity contribution in [3.05, 3.63) is 29.8 Å². The fourth-order valence-corrected chi connectivity index (χ4v) is 2.30. The number of nitrogens with two attached hydrogens (primary N) is 1. The van der Waals surface area contributed by atoms with Crippen LogP contribution in [-0.4, -0.2) is 19.1 Å². The van der Waals surface area contributed by atoms with E-state index < -0.39 is 0 Å². The number of nitrogens with one attached hydrogen (secondary N) is 1. The summed E-state index contributed by atoms with van der Waals surface area (Å²) in [6.45, 7) is 1.75. The maximum atomic E-state index is 11.8. The summed E-state index contributed by atoms with van der Waals surface area (Å²) in [6, 6.07) is 7.61. The molecule has 4 heteroatoms. The highest BCUT2D eigenvalue weighted by Crippen LogP contribution is 2.29. The number of carbonyl (C=O) groups excluding carboxylic acids is 1. The molecule has 0 atom stereocenters. The van der Waals surface area contributed by atoms with Crippen LogP contribution in [0.4, 0.5) is 5.69 Å². The van der Waals surface area contributed by atoms with E-state index in [9.17, 15) is 4.79 Å². The monoisotopic (exact) mass is 276 g/mol. The van der Waals surface area contributed by atoms with Crippen molar-refractivity contribution in [3.8, 4) is 0 Å². The molecule has 20 heavy (non-hydrogen) atoms. The Morgan fingerprint density at radius 1 is 1.35 bits per heavy atom. The van der Waals surface area contributed by atoms with Gasteiger partial charge in [-0.05, 0) is 30.0 Å². The lowest BCUT2D eigenvalue weighted by atomic mass is 9.83. The quantitative estimate of drug-likeness (QED) is 0.717. The maximum Gasteiger partial charge on any atom is 0.226 e. The Kier molecular flexibility index (Phi) is 6.02. The Morgan fingerprint density at radius 3 is 2.90 bits per heavy atom. The van der Waals surface area contributed by atoms with Crippen LogP contribution in [0.15, 0.2) is 24.3 Å². The number of anilines is 1. The van der Waals surface area contributed by atoms with Crippen molar-refractivity contribution >= 4 is 11.6 Å². The van der Waals surface area contributed by atoms with Gasteiger partial charge < -0.3 is 15.8 Å². The lowest BCUT2D eigenvalue weighted by Crippen LogP contribution is -2.16. The SMILES string of the molecule is NCc1cccc(NC(=O)CCOCCC2CCC2)c1. The standard InChI is InChI=1S/C16H24N2O2/c17-12-14-5-2-6-15(11-14)18-16(19)8-10-20-9-7-13-3-1-4-13/h2,5-6,11,13H,1,3-4,7-10,12,17H2,(H,18,19). The molecule has 1 aliphatic carbocycles. The van der Waals surface area contributed by atoms with Gasteiger partial charge in [-0.1, -0.05) is 31.4 Å². The number of ether oxygens (including phenoxy) is 1. The first kappa shape index (κ1) is 15.0. The molecule has 0 aromatic heterocycles. The van der Waals surface area contributed by atoms with E-state index in [1.54, 1.807) is 0 Å². The molecule has 1 aliphatic rings. The molecule has 1 fully saturated rings. The number of amides is 1. The molecule has 0 saturated heterocycles. The molecule has 2 rings (SSSR count). The van der Waals surface area contributed by atoms with E-state index in [-0.39, 0.29) is 5.91 Å². The van der Waals surface area contributed by atoms with Crippen molar-refractivity contribution in [1.82, 2.24) is 0 Å². The van der Waals surface area contributed by atoms with Gasteiger partial charge in [-0.2, -0.15) is 0 Å². The molecule has 0 radical (unpaired) electrons. The summed E-state index contributed by atoms with van der Waals surface area (Å²) in [5, 5.41) is 2.86. The molecule has 1 saturated carbocycles. The van der Waals surface area contributed by atoms with Gasteiger partial charge >= 0.3 is 0 Å². The Balaban J connectivity index is 1.59. The van der Waals surface area contributed by atoms with E-state index in [0.717, 1.165) is 30.2 Å². The summed E-state index contributed by atoms with van der Waals surface area (Å²) in [4.78, 5) is 11.8. The summed E-state index contributed by atoms with van der Waals surface area (Å²) in [5.74, 6) is 0.852. The largest absolute Gasteiger partial charge is 0.381 e. The summed E-state index contributed by atoms with van der Waals surface area (Å²) < 4.78 is 5.51. The molecular weight excluding hydrogens is 252 g/mol. The number of hydrogen-bond donors (Lipinski definition) is 2. The average Bonchev–Trinajstić information content (AvgIpc) is 2.41. The molecule has 0 spiro atoms. The minimum absolute atomic E-state index is 0.0113. The molecule has 0 aliphatic heterocycles. The minimum atomic E-state index is -0.0113. The first-order chi connectivity index (χ1) is 9.78. The second-order valence-corrected chi connectivity index (χ2v) is 5.40. The van der Waals surface area contributed by atoms with Gasteiger partial charge in [0, 0.05) is 18.8 Å². The van der Waals surface area contributed by atoms with Gasteiger partial charge in [-0.3, -0.25) is 4.79 Å². The molecule has 1 aromatic rings. The third-order valence-corrected chi connectivity index (χ3v) is 3.82. The van der Waals surface area contributed by atoms with Gasteiger partial charge in [0.25, 0.3) is 0 Å². The number of rotatable bonds is 8. The zero-order valence-electron chi connectivity index (χ0n) is 11.9. The third kappa shape index (κ3) is 4.94. The summed E-state index contributed by atoms with van der Waals surface area (Å²) in [6.07, 6.45) is 5.61. The van der Waals surface area contributed by atoms with E-state index in [0.29, 0.717) is 19.6 Å². The fraction of sp³-hybridized carbons (Fsp3) is 0.562. The highest BCUT2D eigenvalue weighted by atomic mass is 16.5. The molecule has 1 aromatic carbocycles. The Hall–Kier alpha value is -1.39. The van der Waals surface area contributed by atoms with Crippen molar-refractivity contribution in [1.29, 1.82) is 0 Å². The Bertz CT molecular complexity index is 430. The van der Waals surface area contributed by atoms with E-state index in [4.69, 9.17) is 10.5 Å². The predicted molar refractivity (Wildman–Crippen MR) is 80.4 cm³/mol. The Morgan fingerprint density at radius 2 is 2.20 bits per heavy atom. The van der Waals surface area contributed by atoms with Crippen LogP contribution in [0.1, 0.15) is 37.7 Å². The first-order valence-electron chi connectivity index (χ1n) is 7.44. The molecule has 0 heterocycles. The second kappa shape index (κ2) is 8.02. The van der Waals surface area contributed by atoms with Crippen LogP contribution >= 0.6 is 0 Å². The summed E-state index contributed by atoms with van der Waals surface area (Å²) in [5.41, 5.74) is 7.38. The van der Waals surface area contributed by atoms with E-state index in [1.807, 2.05) is 24.3 Å². The zero-order chi connectivity index (χ0) is 14.2. The number of carbonyl (C=O) groups is 1. The van der Waals surface area contributed by atoms with Crippen LogP contribution in [0.2, 0.25) is 0 Å². The van der Waals surface area contributed by atoms with Crippen molar-refractivity contribution in [2.75, 3.05) is 18.5 Å². The van der Waals surface area contributed by atoms with Crippen LogP contribution in [0, 0.1) is 5.92 Å². The predicted octanol–water partition coefficient (Wildman–Crippen LogP) is 2.68. The molecule has 110 valence electrons. The highest BCUT2D eigenvalue weighted by molar-refractivity contribution is 5.90. The first-order valence-corrected chi connectivity index (χ1v) is 7.44. The fourth-order valence-electron chi connectivity index (χ4n) is 2.30. The highest BCUT2D eigenvalue weighted by Gasteiger charge is 2.16. The molecule has 0 unspecified atom stereocenters. The smallest absolute Gasteiger partial charge is 0.226 e. The number of hydrogen-bond acceptors (Lipinski definition) is 3. The van der Waals surface area contributed by atoms with E-state index in [2.05, 4.69) is 5.32 Å². The minimum Gasteiger partial charge on any atom is -0.381 e. The van der Waals surface area contributed by atoms with Gasteiger partial charge in [-0.25, -0.2) is 0 Å². The Labute approximate surface area is 120 Å². The molecule has 0 bridgehead atoms. The number of benzene rings is 1. The van der Waals surface area contributed by atoms with Crippen molar-refractivity contribution in [2.24, 2.45) is 11.7 Å². The third-order valence-electron chi connectivity index (χ3n) is 3.82. The van der Waals surface area contributed by atoms with Crippen LogP contribution in [-0.2, 0) is 16.1 Å². The topological polar surface area (TPSA) is 64.3 Å². The summed E-state index contributed by atoms with van der Waals surface area (Å²) in [7, 11) is 0. The van der Waals surface area contributed by atoms with Crippen molar-refractivity contribution in [3.63, 3.8) is 0 Å². The van der Waals surface area contributed by atoms with Crippen molar-refractivity contribution < 1.29 is 9.53 Å². The average molecular weight is 276 g/mol. The van der Waals surface area contributed by atoms with Gasteiger partial charge in [0.2, 0.25) is 5.91 Å². The second-order valence-electron chi connectivity index (χ2n) is 5.40. The lowest BCUT2D eigenvalue weighted by Gasteiger charge is -2.24. The van der Waals surface area contributed by atoms with Crippen LogP contribution in [0.25, 0.3) is 0 Å². The van der Waals surface area contributed by atoms with Crippen molar-refractivity contribution in [2.45, 2.75) is 38.6 Å². The molecular formula is C16H24N2O2. The molecule has 3 N–H and O–H groups in total.